The minimum Gasteiger partial charge on any atom is -0.474 e. The molecule has 118 valence electrons. The van der Waals surface area contributed by atoms with E-state index in [4.69, 9.17) is 9.47 Å². The van der Waals surface area contributed by atoms with Gasteiger partial charge in [0.2, 0.25) is 5.88 Å². The van der Waals surface area contributed by atoms with Crippen molar-refractivity contribution in [3.05, 3.63) is 22.2 Å². The van der Waals surface area contributed by atoms with E-state index in [9.17, 15) is 4.79 Å². The summed E-state index contributed by atoms with van der Waals surface area (Å²) in [5.41, 5.74) is 0.396. The lowest BCUT2D eigenvalue weighted by molar-refractivity contribution is -0.0911. The molecule has 0 bridgehead atoms. The molecule has 1 aromatic rings. The van der Waals surface area contributed by atoms with Crippen molar-refractivity contribution in [2.75, 3.05) is 13.1 Å². The normalized spacial score (nSPS) is 18.9. The molecule has 0 spiro atoms. The van der Waals surface area contributed by atoms with Crippen molar-refractivity contribution in [2.24, 2.45) is 0 Å². The maximum atomic E-state index is 11.5. The number of aromatic amines is 1. The van der Waals surface area contributed by atoms with E-state index in [-0.39, 0.29) is 24.0 Å². The van der Waals surface area contributed by atoms with Gasteiger partial charge in [0, 0.05) is 13.1 Å². The second-order valence-corrected chi connectivity index (χ2v) is 5.80. The Morgan fingerprint density at radius 1 is 1.33 bits per heavy atom. The molecular weight excluding hydrogens is 270 g/mol. The van der Waals surface area contributed by atoms with Crippen LogP contribution in [0, 0.1) is 6.92 Å². The Morgan fingerprint density at radius 2 is 2.00 bits per heavy atom. The van der Waals surface area contributed by atoms with Crippen molar-refractivity contribution in [1.82, 2.24) is 14.9 Å². The SMILES string of the molecule is Cc1c(OC2CCN(C(C)OC(C)C)CC2)nc[nH]c1=O. The Morgan fingerprint density at radius 3 is 2.62 bits per heavy atom. The topological polar surface area (TPSA) is 67.5 Å². The van der Waals surface area contributed by atoms with Gasteiger partial charge < -0.3 is 14.5 Å². The van der Waals surface area contributed by atoms with Crippen LogP contribution in [-0.4, -0.2) is 46.4 Å². The van der Waals surface area contributed by atoms with Crippen LogP contribution in [0.25, 0.3) is 0 Å². The monoisotopic (exact) mass is 295 g/mol. The highest BCUT2D eigenvalue weighted by atomic mass is 16.5. The van der Waals surface area contributed by atoms with E-state index in [0.29, 0.717) is 11.4 Å². The van der Waals surface area contributed by atoms with Gasteiger partial charge in [0.1, 0.15) is 12.3 Å². The molecule has 2 heterocycles. The van der Waals surface area contributed by atoms with Crippen molar-refractivity contribution in [1.29, 1.82) is 0 Å². The molecule has 0 amide bonds. The Kier molecular flexibility index (Phi) is 5.36. The van der Waals surface area contributed by atoms with Gasteiger partial charge in [0.05, 0.1) is 18.0 Å². The van der Waals surface area contributed by atoms with Crippen LogP contribution in [0.15, 0.2) is 11.1 Å². The fraction of sp³-hybridized carbons (Fsp3) is 0.733. The third kappa shape index (κ3) is 4.28. The summed E-state index contributed by atoms with van der Waals surface area (Å²) in [6.45, 7) is 9.78. The summed E-state index contributed by atoms with van der Waals surface area (Å²) in [4.78, 5) is 20.5. The number of hydrogen-bond donors (Lipinski definition) is 1. The van der Waals surface area contributed by atoms with E-state index in [2.05, 4.69) is 21.8 Å². The number of rotatable bonds is 5. The molecule has 1 atom stereocenters. The first-order valence-corrected chi connectivity index (χ1v) is 7.58. The molecule has 1 aliphatic heterocycles. The zero-order chi connectivity index (χ0) is 15.4. The Hall–Kier alpha value is -1.40. The van der Waals surface area contributed by atoms with Crippen LogP contribution in [0.2, 0.25) is 0 Å². The van der Waals surface area contributed by atoms with Crippen LogP contribution in [0.1, 0.15) is 39.2 Å². The third-order valence-electron chi connectivity index (χ3n) is 3.78. The van der Waals surface area contributed by atoms with E-state index in [1.807, 2.05) is 13.8 Å². The average molecular weight is 295 g/mol. The van der Waals surface area contributed by atoms with Crippen LogP contribution in [0.4, 0.5) is 0 Å². The summed E-state index contributed by atoms with van der Waals surface area (Å²) in [7, 11) is 0. The predicted octanol–water partition coefficient (Wildman–Crippen LogP) is 1.69. The molecule has 6 nitrogen and oxygen atoms in total. The first-order chi connectivity index (χ1) is 9.97. The Bertz CT molecular complexity index is 507. The molecule has 0 saturated carbocycles. The van der Waals surface area contributed by atoms with Crippen LogP contribution < -0.4 is 10.3 Å². The summed E-state index contributed by atoms with van der Waals surface area (Å²) < 4.78 is 11.7. The van der Waals surface area contributed by atoms with Gasteiger partial charge in [-0.25, -0.2) is 4.98 Å². The fourth-order valence-corrected chi connectivity index (χ4v) is 2.57. The highest BCUT2D eigenvalue weighted by Gasteiger charge is 2.25. The molecule has 1 saturated heterocycles. The number of H-pyrrole nitrogens is 1. The molecule has 21 heavy (non-hydrogen) atoms. The van der Waals surface area contributed by atoms with Crippen LogP contribution in [-0.2, 0) is 4.74 Å². The van der Waals surface area contributed by atoms with Gasteiger partial charge in [-0.15, -0.1) is 0 Å². The average Bonchev–Trinajstić information content (AvgIpc) is 2.44. The van der Waals surface area contributed by atoms with E-state index >= 15 is 0 Å². The molecule has 0 radical (unpaired) electrons. The number of nitrogens with zero attached hydrogens (tertiary/aromatic N) is 2. The number of likely N-dealkylation sites (tertiary alicyclic amines) is 1. The van der Waals surface area contributed by atoms with Crippen molar-refractivity contribution in [2.45, 2.75) is 59.0 Å². The molecule has 2 rings (SSSR count). The first kappa shape index (κ1) is 16.0. The van der Waals surface area contributed by atoms with Gasteiger partial charge in [0.25, 0.3) is 5.56 Å². The number of ether oxygens (including phenoxy) is 2. The lowest BCUT2D eigenvalue weighted by atomic mass is 10.1. The molecule has 1 fully saturated rings. The molecule has 1 aliphatic rings. The highest BCUT2D eigenvalue weighted by Crippen LogP contribution is 2.20. The van der Waals surface area contributed by atoms with Crippen LogP contribution >= 0.6 is 0 Å². The molecule has 1 unspecified atom stereocenters. The number of hydrogen-bond acceptors (Lipinski definition) is 5. The zero-order valence-electron chi connectivity index (χ0n) is 13.3. The van der Waals surface area contributed by atoms with Crippen LogP contribution in [0.3, 0.4) is 0 Å². The molecule has 1 N–H and O–H groups in total. The Balaban J connectivity index is 1.87. The summed E-state index contributed by atoms with van der Waals surface area (Å²) in [5, 5.41) is 0. The van der Waals surface area contributed by atoms with Gasteiger partial charge >= 0.3 is 0 Å². The molecule has 0 aliphatic carbocycles. The van der Waals surface area contributed by atoms with Gasteiger partial charge in [-0.3, -0.25) is 9.69 Å². The second-order valence-electron chi connectivity index (χ2n) is 5.80. The zero-order valence-corrected chi connectivity index (χ0v) is 13.3. The standard InChI is InChI=1S/C15H25N3O3/c1-10(2)20-12(4)18-7-5-13(6-8-18)21-15-11(3)14(19)16-9-17-15/h9-10,12-13H,5-8H2,1-4H3,(H,16,17,19). The smallest absolute Gasteiger partial charge is 0.257 e. The highest BCUT2D eigenvalue weighted by molar-refractivity contribution is 5.20. The van der Waals surface area contributed by atoms with Gasteiger partial charge in [0.15, 0.2) is 0 Å². The maximum Gasteiger partial charge on any atom is 0.257 e. The first-order valence-electron chi connectivity index (χ1n) is 7.58. The van der Waals surface area contributed by atoms with Crippen molar-refractivity contribution in [3.8, 4) is 5.88 Å². The lowest BCUT2D eigenvalue weighted by Gasteiger charge is -2.36. The van der Waals surface area contributed by atoms with E-state index < -0.39 is 0 Å². The lowest BCUT2D eigenvalue weighted by Crippen LogP contribution is -2.44. The minimum absolute atomic E-state index is 0.112. The summed E-state index contributed by atoms with van der Waals surface area (Å²) in [5.74, 6) is 0.448. The predicted molar refractivity (Wildman–Crippen MR) is 80.5 cm³/mol. The minimum atomic E-state index is -0.142. The summed E-state index contributed by atoms with van der Waals surface area (Å²) in [6, 6.07) is 0. The van der Waals surface area contributed by atoms with E-state index in [0.717, 1.165) is 25.9 Å². The summed E-state index contributed by atoms with van der Waals surface area (Å²) in [6.07, 6.45) is 3.69. The largest absolute Gasteiger partial charge is 0.474 e. The van der Waals surface area contributed by atoms with Gasteiger partial charge in [-0.05, 0) is 40.5 Å². The van der Waals surface area contributed by atoms with Crippen molar-refractivity contribution in [3.63, 3.8) is 0 Å². The summed E-state index contributed by atoms with van der Waals surface area (Å²) >= 11 is 0. The fourth-order valence-electron chi connectivity index (χ4n) is 2.57. The third-order valence-corrected chi connectivity index (χ3v) is 3.78. The van der Waals surface area contributed by atoms with E-state index in [1.165, 1.54) is 6.33 Å². The molecule has 6 heteroatoms. The maximum absolute atomic E-state index is 11.5. The second kappa shape index (κ2) is 7.04. The quantitative estimate of drug-likeness (QED) is 0.895. The van der Waals surface area contributed by atoms with Crippen LogP contribution in [0.5, 0.6) is 5.88 Å². The number of piperidine rings is 1. The van der Waals surface area contributed by atoms with Gasteiger partial charge in [-0.1, -0.05) is 0 Å². The van der Waals surface area contributed by atoms with E-state index in [1.54, 1.807) is 6.92 Å². The molecular formula is C15H25N3O3. The Labute approximate surface area is 125 Å². The molecule has 1 aromatic heterocycles. The number of aromatic nitrogens is 2. The van der Waals surface area contributed by atoms with Gasteiger partial charge in [-0.2, -0.15) is 0 Å². The number of nitrogens with one attached hydrogen (secondary N) is 1. The van der Waals surface area contributed by atoms with Crippen molar-refractivity contribution >= 4 is 0 Å². The van der Waals surface area contributed by atoms with Crippen molar-refractivity contribution < 1.29 is 9.47 Å². The molecule has 0 aromatic carbocycles.